The Hall–Kier alpha value is -2.14. The van der Waals surface area contributed by atoms with Crippen molar-refractivity contribution in [2.24, 2.45) is 0 Å². The average Bonchev–Trinajstić information content (AvgIpc) is 2.34. The molecule has 0 aliphatic carbocycles. The van der Waals surface area contributed by atoms with Gasteiger partial charge in [-0.2, -0.15) is 0 Å². The molecule has 0 unspecified atom stereocenters. The summed E-state index contributed by atoms with van der Waals surface area (Å²) in [5.74, 6) is 0.213. The van der Waals surface area contributed by atoms with Crippen molar-refractivity contribution in [1.29, 1.82) is 0 Å². The number of pyridine rings is 1. The third-order valence-corrected chi connectivity index (χ3v) is 2.39. The normalized spacial score (nSPS) is 11.3. The fraction of sp³-hybridized carbons (Fsp3) is 0.286. The highest BCUT2D eigenvalue weighted by Gasteiger charge is 2.15. The molecule has 5 nitrogen and oxygen atoms in total. The highest BCUT2D eigenvalue weighted by Crippen LogP contribution is 2.18. The first kappa shape index (κ1) is 13.3. The molecule has 2 N–H and O–H groups in total. The van der Waals surface area contributed by atoms with Crippen LogP contribution in [0.5, 0.6) is 5.75 Å². The molecule has 2 rings (SSSR count). The molecule has 0 fully saturated rings. The number of hydrogen-bond donors (Lipinski definition) is 2. The third kappa shape index (κ3) is 3.93. The maximum atomic E-state index is 11.5. The van der Waals surface area contributed by atoms with Crippen LogP contribution in [0, 0.1) is 0 Å². The Bertz CT molecular complexity index is 591. The van der Waals surface area contributed by atoms with Gasteiger partial charge in [0.1, 0.15) is 11.5 Å². The zero-order chi connectivity index (χ0) is 13.9. The van der Waals surface area contributed by atoms with Crippen LogP contribution >= 0.6 is 0 Å². The Morgan fingerprint density at radius 2 is 2.21 bits per heavy atom. The summed E-state index contributed by atoms with van der Waals surface area (Å²) in [6.45, 7) is 2.84. The van der Waals surface area contributed by atoms with Crippen LogP contribution in [0.2, 0.25) is 0 Å². The number of nitrogens with zero attached hydrogens (tertiary/aromatic N) is 1. The zero-order valence-corrected chi connectivity index (χ0v) is 10.9. The van der Waals surface area contributed by atoms with E-state index in [1.807, 2.05) is 24.3 Å². The van der Waals surface area contributed by atoms with Crippen molar-refractivity contribution in [3.05, 3.63) is 36.5 Å². The van der Waals surface area contributed by atoms with Gasteiger partial charge in [-0.15, -0.1) is 0 Å². The molecular weight excluding hydrogens is 244 g/mol. The molecule has 100 valence electrons. The van der Waals surface area contributed by atoms with E-state index in [1.54, 1.807) is 12.3 Å². The second-order valence-corrected chi connectivity index (χ2v) is 4.75. The highest BCUT2D eigenvalue weighted by atomic mass is 16.5. The second-order valence-electron chi connectivity index (χ2n) is 4.75. The number of fused-ring (bicyclic) bond motifs is 1. The predicted molar refractivity (Wildman–Crippen MR) is 71.7 cm³/mol. The molecule has 19 heavy (non-hydrogen) atoms. The van der Waals surface area contributed by atoms with Crippen molar-refractivity contribution in [2.45, 2.75) is 19.6 Å². The molecule has 1 heterocycles. The fourth-order valence-corrected chi connectivity index (χ4v) is 1.67. The van der Waals surface area contributed by atoms with Gasteiger partial charge in [-0.1, -0.05) is 6.07 Å². The summed E-state index contributed by atoms with van der Waals surface area (Å²) < 4.78 is 5.37. The van der Waals surface area contributed by atoms with Crippen molar-refractivity contribution in [3.8, 4) is 5.75 Å². The van der Waals surface area contributed by atoms with Crippen molar-refractivity contribution in [2.75, 3.05) is 6.61 Å². The quantitative estimate of drug-likeness (QED) is 0.816. The number of nitrogens with one attached hydrogen (secondary N) is 1. The molecule has 0 bridgehead atoms. The van der Waals surface area contributed by atoms with E-state index >= 15 is 0 Å². The maximum Gasteiger partial charge on any atom is 0.260 e. The van der Waals surface area contributed by atoms with Crippen molar-refractivity contribution in [3.63, 3.8) is 0 Å². The van der Waals surface area contributed by atoms with Gasteiger partial charge in [0.2, 0.25) is 0 Å². The Kier molecular flexibility index (Phi) is 3.66. The van der Waals surface area contributed by atoms with Crippen LogP contribution in [0.1, 0.15) is 13.8 Å². The smallest absolute Gasteiger partial charge is 0.260 e. The van der Waals surface area contributed by atoms with Gasteiger partial charge in [0.25, 0.3) is 5.91 Å². The van der Waals surface area contributed by atoms with Gasteiger partial charge in [0.05, 0.1) is 5.52 Å². The standard InChI is InChI=1S/C14H16N2O3/c1-14(2,18)16-13(17)9-19-11-5-6-12-10(8-11)4-3-7-15-12/h3-8,18H,9H2,1-2H3,(H,16,17). The molecule has 1 aromatic carbocycles. The Balaban J connectivity index is 2.00. The van der Waals surface area contributed by atoms with Gasteiger partial charge < -0.3 is 15.2 Å². The van der Waals surface area contributed by atoms with Crippen LogP contribution in [0.4, 0.5) is 0 Å². The lowest BCUT2D eigenvalue weighted by Crippen LogP contribution is -2.45. The first-order valence-electron chi connectivity index (χ1n) is 5.95. The highest BCUT2D eigenvalue weighted by molar-refractivity contribution is 5.80. The van der Waals surface area contributed by atoms with Crippen LogP contribution < -0.4 is 10.1 Å². The van der Waals surface area contributed by atoms with E-state index in [0.29, 0.717) is 5.75 Å². The number of aliphatic hydroxyl groups is 1. The van der Waals surface area contributed by atoms with Crippen molar-refractivity contribution < 1.29 is 14.6 Å². The minimum Gasteiger partial charge on any atom is -0.484 e. The molecule has 0 atom stereocenters. The number of benzene rings is 1. The largest absolute Gasteiger partial charge is 0.484 e. The monoisotopic (exact) mass is 260 g/mol. The molecule has 5 heteroatoms. The molecule has 0 spiro atoms. The van der Waals surface area contributed by atoms with Gasteiger partial charge in [0, 0.05) is 11.6 Å². The first-order chi connectivity index (χ1) is 8.94. The SMILES string of the molecule is CC(C)(O)NC(=O)COc1ccc2ncccc2c1. The number of rotatable bonds is 4. The topological polar surface area (TPSA) is 71.5 Å². The summed E-state index contributed by atoms with van der Waals surface area (Å²) in [5.41, 5.74) is -0.371. The molecule has 0 radical (unpaired) electrons. The molecular formula is C14H16N2O3. The lowest BCUT2D eigenvalue weighted by Gasteiger charge is -2.19. The second kappa shape index (κ2) is 5.24. The average molecular weight is 260 g/mol. The van der Waals surface area contributed by atoms with Crippen LogP contribution in [0.3, 0.4) is 0 Å². The summed E-state index contributed by atoms with van der Waals surface area (Å²) in [4.78, 5) is 15.7. The lowest BCUT2D eigenvalue weighted by atomic mass is 10.2. The van der Waals surface area contributed by atoms with Crippen LogP contribution in [-0.4, -0.2) is 28.3 Å². The molecule has 0 saturated carbocycles. The molecule has 1 amide bonds. The fourth-order valence-electron chi connectivity index (χ4n) is 1.67. The van der Waals surface area contributed by atoms with Crippen molar-refractivity contribution >= 4 is 16.8 Å². The number of carbonyl (C=O) groups excluding carboxylic acids is 1. The van der Waals surface area contributed by atoms with Gasteiger partial charge in [-0.25, -0.2) is 0 Å². The summed E-state index contributed by atoms with van der Waals surface area (Å²) >= 11 is 0. The molecule has 0 saturated heterocycles. The van der Waals surface area contributed by atoms with Crippen molar-refractivity contribution in [1.82, 2.24) is 10.3 Å². The summed E-state index contributed by atoms with van der Waals surface area (Å²) in [6.07, 6.45) is 1.72. The van der Waals surface area contributed by atoms with E-state index in [0.717, 1.165) is 10.9 Å². The number of ether oxygens (including phenoxy) is 1. The van der Waals surface area contributed by atoms with E-state index in [4.69, 9.17) is 4.74 Å². The number of hydrogen-bond acceptors (Lipinski definition) is 4. The summed E-state index contributed by atoms with van der Waals surface area (Å²) in [6, 6.07) is 9.17. The molecule has 0 aliphatic heterocycles. The van der Waals surface area contributed by atoms with E-state index < -0.39 is 5.72 Å². The summed E-state index contributed by atoms with van der Waals surface area (Å²) in [5, 5.41) is 12.8. The van der Waals surface area contributed by atoms with E-state index in [1.165, 1.54) is 13.8 Å². The number of amides is 1. The Morgan fingerprint density at radius 3 is 2.95 bits per heavy atom. The van der Waals surface area contributed by atoms with Crippen LogP contribution in [-0.2, 0) is 4.79 Å². The van der Waals surface area contributed by atoms with Crippen LogP contribution in [0.15, 0.2) is 36.5 Å². The minimum absolute atomic E-state index is 0.143. The maximum absolute atomic E-state index is 11.5. The van der Waals surface area contributed by atoms with Crippen LogP contribution in [0.25, 0.3) is 10.9 Å². The predicted octanol–water partition coefficient (Wildman–Crippen LogP) is 1.46. The van der Waals surface area contributed by atoms with E-state index in [2.05, 4.69) is 10.3 Å². The van der Waals surface area contributed by atoms with Gasteiger partial charge >= 0.3 is 0 Å². The first-order valence-corrected chi connectivity index (χ1v) is 5.95. The summed E-state index contributed by atoms with van der Waals surface area (Å²) in [7, 11) is 0. The minimum atomic E-state index is -1.24. The van der Waals surface area contributed by atoms with Gasteiger partial charge in [0.15, 0.2) is 6.61 Å². The lowest BCUT2D eigenvalue weighted by molar-refractivity contribution is -0.129. The number of carbonyl (C=O) groups is 1. The van der Waals surface area contributed by atoms with E-state index in [-0.39, 0.29) is 12.5 Å². The molecule has 2 aromatic rings. The van der Waals surface area contributed by atoms with Gasteiger partial charge in [-0.3, -0.25) is 9.78 Å². The molecule has 0 aliphatic rings. The number of aromatic nitrogens is 1. The zero-order valence-electron chi connectivity index (χ0n) is 10.9. The Morgan fingerprint density at radius 1 is 1.42 bits per heavy atom. The Labute approximate surface area is 111 Å². The van der Waals surface area contributed by atoms with E-state index in [9.17, 15) is 9.90 Å². The van der Waals surface area contributed by atoms with Gasteiger partial charge in [-0.05, 0) is 38.1 Å². The molecule has 1 aromatic heterocycles. The third-order valence-electron chi connectivity index (χ3n) is 2.39.